The number of esters is 1. The van der Waals surface area contributed by atoms with Gasteiger partial charge in [0.25, 0.3) is 5.91 Å². The normalized spacial score (nSPS) is 13.8. The Kier molecular flexibility index (Phi) is 5.75. The molecule has 152 valence electrons. The highest BCUT2D eigenvalue weighted by Gasteiger charge is 2.29. The number of carbonyl (C=O) groups is 2. The first-order chi connectivity index (χ1) is 14.6. The molecule has 0 fully saturated rings. The first-order valence-electron chi connectivity index (χ1n) is 9.91. The van der Waals surface area contributed by atoms with Crippen LogP contribution in [0.5, 0.6) is 11.6 Å². The van der Waals surface area contributed by atoms with Gasteiger partial charge in [-0.15, -0.1) is 0 Å². The molecule has 0 unspecified atom stereocenters. The number of amides is 1. The van der Waals surface area contributed by atoms with Crippen molar-refractivity contribution in [3.05, 3.63) is 84.1 Å². The Balaban J connectivity index is 1.49. The summed E-state index contributed by atoms with van der Waals surface area (Å²) >= 11 is 0. The molecule has 30 heavy (non-hydrogen) atoms. The van der Waals surface area contributed by atoms with Crippen molar-refractivity contribution in [2.24, 2.45) is 0 Å². The van der Waals surface area contributed by atoms with Crippen molar-refractivity contribution in [2.75, 3.05) is 11.4 Å². The van der Waals surface area contributed by atoms with Crippen LogP contribution in [-0.2, 0) is 16.0 Å². The molecule has 6 heteroatoms. The maximum absolute atomic E-state index is 13.0. The quantitative estimate of drug-likeness (QED) is 0.592. The van der Waals surface area contributed by atoms with E-state index >= 15 is 0 Å². The van der Waals surface area contributed by atoms with Crippen molar-refractivity contribution in [3.8, 4) is 11.6 Å². The monoisotopic (exact) mass is 402 g/mol. The summed E-state index contributed by atoms with van der Waals surface area (Å²) in [5.41, 5.74) is 2.17. The Morgan fingerprint density at radius 2 is 1.77 bits per heavy atom. The molecule has 1 amide bonds. The van der Waals surface area contributed by atoms with Gasteiger partial charge in [0, 0.05) is 18.4 Å². The number of rotatable bonds is 5. The van der Waals surface area contributed by atoms with Crippen LogP contribution in [0.1, 0.15) is 29.3 Å². The zero-order chi connectivity index (χ0) is 20.9. The van der Waals surface area contributed by atoms with Gasteiger partial charge in [0.2, 0.25) is 5.88 Å². The summed E-state index contributed by atoms with van der Waals surface area (Å²) in [7, 11) is 0. The summed E-state index contributed by atoms with van der Waals surface area (Å²) in [6.07, 6.45) is 2.41. The fourth-order valence-electron chi connectivity index (χ4n) is 3.48. The molecule has 0 bridgehead atoms. The summed E-state index contributed by atoms with van der Waals surface area (Å²) in [4.78, 5) is 31.6. The predicted octanol–water partition coefficient (Wildman–Crippen LogP) is 4.40. The first kappa shape index (κ1) is 19.6. The molecule has 1 aromatic heterocycles. The van der Waals surface area contributed by atoms with Gasteiger partial charge in [0.1, 0.15) is 11.3 Å². The van der Waals surface area contributed by atoms with Crippen molar-refractivity contribution in [1.82, 2.24) is 4.98 Å². The molecular weight excluding hydrogens is 380 g/mol. The zero-order valence-corrected chi connectivity index (χ0v) is 16.7. The van der Waals surface area contributed by atoms with Crippen LogP contribution in [0.15, 0.2) is 72.9 Å². The van der Waals surface area contributed by atoms with Gasteiger partial charge in [-0.25, -0.2) is 9.78 Å². The van der Waals surface area contributed by atoms with E-state index < -0.39 is 12.1 Å². The van der Waals surface area contributed by atoms with E-state index in [4.69, 9.17) is 9.47 Å². The van der Waals surface area contributed by atoms with Crippen LogP contribution in [0, 0.1) is 0 Å². The minimum absolute atomic E-state index is 0.136. The van der Waals surface area contributed by atoms with Crippen LogP contribution >= 0.6 is 0 Å². The number of anilines is 1. The number of hydrogen-bond acceptors (Lipinski definition) is 5. The van der Waals surface area contributed by atoms with Crippen molar-refractivity contribution >= 4 is 17.6 Å². The van der Waals surface area contributed by atoms with Crippen LogP contribution in [0.25, 0.3) is 0 Å². The van der Waals surface area contributed by atoms with Crippen LogP contribution in [-0.4, -0.2) is 29.5 Å². The largest absolute Gasteiger partial charge is 0.449 e. The molecular formula is C24H22N2O4. The van der Waals surface area contributed by atoms with Crippen LogP contribution in [0.2, 0.25) is 0 Å². The van der Waals surface area contributed by atoms with Crippen LogP contribution < -0.4 is 9.64 Å². The lowest BCUT2D eigenvalue weighted by atomic mass is 10.0. The second-order valence-electron chi connectivity index (χ2n) is 7.04. The van der Waals surface area contributed by atoms with Crippen molar-refractivity contribution in [3.63, 3.8) is 0 Å². The summed E-state index contributed by atoms with van der Waals surface area (Å²) in [6.45, 7) is 2.19. The van der Waals surface area contributed by atoms with Crippen molar-refractivity contribution in [2.45, 2.75) is 25.9 Å². The average molecular weight is 402 g/mol. The highest BCUT2D eigenvalue weighted by molar-refractivity contribution is 6.00. The Labute approximate surface area is 175 Å². The molecule has 1 aliphatic rings. The van der Waals surface area contributed by atoms with E-state index in [0.717, 1.165) is 24.1 Å². The minimum Gasteiger partial charge on any atom is -0.449 e. The number of ether oxygens (including phenoxy) is 2. The summed E-state index contributed by atoms with van der Waals surface area (Å²) < 4.78 is 11.2. The molecule has 4 rings (SSSR count). The van der Waals surface area contributed by atoms with Gasteiger partial charge in [0.05, 0.1) is 0 Å². The van der Waals surface area contributed by atoms with E-state index in [9.17, 15) is 9.59 Å². The van der Waals surface area contributed by atoms with E-state index in [2.05, 4.69) is 4.98 Å². The van der Waals surface area contributed by atoms with E-state index in [0.29, 0.717) is 12.3 Å². The predicted molar refractivity (Wildman–Crippen MR) is 113 cm³/mol. The number of nitrogens with zero attached hydrogens (tertiary/aromatic N) is 2. The Hall–Kier alpha value is -3.67. The Bertz CT molecular complexity index is 1050. The number of benzene rings is 2. The van der Waals surface area contributed by atoms with Gasteiger partial charge >= 0.3 is 5.97 Å². The average Bonchev–Trinajstić information content (AvgIpc) is 2.79. The van der Waals surface area contributed by atoms with Gasteiger partial charge in [-0.2, -0.15) is 0 Å². The van der Waals surface area contributed by atoms with E-state index in [-0.39, 0.29) is 17.4 Å². The van der Waals surface area contributed by atoms with E-state index in [1.54, 1.807) is 36.1 Å². The van der Waals surface area contributed by atoms with Crippen molar-refractivity contribution in [1.29, 1.82) is 0 Å². The number of aryl methyl sites for hydroxylation is 1. The van der Waals surface area contributed by atoms with Gasteiger partial charge in [-0.3, -0.25) is 4.79 Å². The highest BCUT2D eigenvalue weighted by atomic mass is 16.6. The van der Waals surface area contributed by atoms with E-state index in [1.165, 1.54) is 6.20 Å². The van der Waals surface area contributed by atoms with Gasteiger partial charge in [0.15, 0.2) is 6.10 Å². The molecule has 0 radical (unpaired) electrons. The number of para-hydroxylation sites is 2. The number of pyridine rings is 1. The summed E-state index contributed by atoms with van der Waals surface area (Å²) in [5, 5.41) is 0. The molecule has 0 aliphatic carbocycles. The van der Waals surface area contributed by atoms with Gasteiger partial charge < -0.3 is 14.4 Å². The Morgan fingerprint density at radius 1 is 1.00 bits per heavy atom. The molecule has 2 heterocycles. The maximum Gasteiger partial charge on any atom is 0.344 e. The van der Waals surface area contributed by atoms with Crippen LogP contribution in [0.3, 0.4) is 0 Å². The Morgan fingerprint density at radius 3 is 2.60 bits per heavy atom. The smallest absolute Gasteiger partial charge is 0.344 e. The minimum atomic E-state index is -0.937. The molecule has 0 spiro atoms. The lowest BCUT2D eigenvalue weighted by Crippen LogP contribution is -2.42. The second-order valence-corrected chi connectivity index (χ2v) is 7.04. The van der Waals surface area contributed by atoms with Gasteiger partial charge in [-0.1, -0.05) is 36.4 Å². The number of carbonyl (C=O) groups excluding carboxylic acids is 2. The molecule has 2 aromatic carbocycles. The first-order valence-corrected chi connectivity index (χ1v) is 9.91. The molecule has 3 aromatic rings. The second kappa shape index (κ2) is 8.78. The molecule has 1 atom stereocenters. The topological polar surface area (TPSA) is 68.7 Å². The third kappa shape index (κ3) is 4.17. The lowest BCUT2D eigenvalue weighted by Gasteiger charge is -2.31. The molecule has 0 saturated heterocycles. The van der Waals surface area contributed by atoms with Gasteiger partial charge in [-0.05, 0) is 55.7 Å². The summed E-state index contributed by atoms with van der Waals surface area (Å²) in [6, 6.07) is 20.1. The third-order valence-corrected chi connectivity index (χ3v) is 4.96. The summed E-state index contributed by atoms with van der Waals surface area (Å²) in [5.74, 6) is -0.207. The lowest BCUT2D eigenvalue weighted by molar-refractivity contribution is -0.126. The maximum atomic E-state index is 13.0. The fourth-order valence-corrected chi connectivity index (χ4v) is 3.48. The fraction of sp³-hybridized carbons (Fsp3) is 0.208. The molecule has 0 saturated carbocycles. The molecule has 6 nitrogen and oxygen atoms in total. The highest BCUT2D eigenvalue weighted by Crippen LogP contribution is 2.28. The zero-order valence-electron chi connectivity index (χ0n) is 16.7. The number of fused-ring (bicyclic) bond motifs is 1. The van der Waals surface area contributed by atoms with Crippen LogP contribution in [0.4, 0.5) is 5.69 Å². The third-order valence-electron chi connectivity index (χ3n) is 4.96. The number of aromatic nitrogens is 1. The van der Waals surface area contributed by atoms with Crippen molar-refractivity contribution < 1.29 is 19.1 Å². The standard InChI is InChI=1S/C24H22N2O4/c1-17(23(27)26-16-8-10-18-9-5-6-14-21(18)26)29-24(28)20-13-7-15-25-22(20)30-19-11-3-2-4-12-19/h2-7,9,11-15,17H,8,10,16H2,1H3/t17-/m0/s1. The van der Waals surface area contributed by atoms with E-state index in [1.807, 2.05) is 42.5 Å². The molecule has 1 aliphatic heterocycles. The molecule has 0 N–H and O–H groups in total. The number of hydrogen-bond donors (Lipinski definition) is 0. The SMILES string of the molecule is C[C@H](OC(=O)c1cccnc1Oc1ccccc1)C(=O)N1CCCc2ccccc21.